The third-order valence-electron chi connectivity index (χ3n) is 4.68. The fourth-order valence-electron chi connectivity index (χ4n) is 2.59. The van der Waals surface area contributed by atoms with Gasteiger partial charge in [0.15, 0.2) is 0 Å². The quantitative estimate of drug-likeness (QED) is 0.0932. The van der Waals surface area contributed by atoms with E-state index in [1.54, 1.807) is 13.8 Å². The molecular formula is C22H32B3F3N8. The van der Waals surface area contributed by atoms with E-state index in [9.17, 15) is 13.2 Å². The predicted molar refractivity (Wildman–Crippen MR) is 144 cm³/mol. The number of nitrogens with one attached hydrogen (secondary N) is 4. The first-order valence-corrected chi connectivity index (χ1v) is 11.4. The number of rotatable bonds is 12. The lowest BCUT2D eigenvalue weighted by Crippen LogP contribution is -2.50. The van der Waals surface area contributed by atoms with Gasteiger partial charge in [0.2, 0.25) is 0 Å². The molecule has 1 aliphatic rings. The summed E-state index contributed by atoms with van der Waals surface area (Å²) in [4.78, 5) is 8.08. The average Bonchev–Trinajstić information content (AvgIpc) is 3.53. The third-order valence-corrected chi connectivity index (χ3v) is 4.68. The van der Waals surface area contributed by atoms with Crippen molar-refractivity contribution in [3.8, 4) is 0 Å². The van der Waals surface area contributed by atoms with Gasteiger partial charge in [0.1, 0.15) is 11.7 Å². The number of halogens is 3. The second-order valence-corrected chi connectivity index (χ2v) is 8.88. The largest absolute Gasteiger partial charge is 0.419 e. The molecule has 0 amide bonds. The second kappa shape index (κ2) is 13.4. The van der Waals surface area contributed by atoms with Gasteiger partial charge >= 0.3 is 6.18 Å². The Bertz CT molecular complexity index is 941. The Labute approximate surface area is 215 Å². The van der Waals surface area contributed by atoms with Crippen LogP contribution in [0.4, 0.5) is 13.2 Å². The van der Waals surface area contributed by atoms with Gasteiger partial charge in [0.25, 0.3) is 0 Å². The SMILES string of the molecule is [B]C([B])([B])NC(C=C(N)C(C)(C)N/N=C\C=N)=NC(C)=N/C=C(\C(=C\CCC)NC1CC1)C(F)(F)F. The lowest BCUT2D eigenvalue weighted by Gasteiger charge is -2.27. The molecule has 0 aromatic carbocycles. The molecule has 1 fully saturated rings. The first kappa shape index (κ1) is 31.1. The van der Waals surface area contributed by atoms with Gasteiger partial charge in [-0.05, 0) is 40.0 Å². The van der Waals surface area contributed by atoms with E-state index in [4.69, 9.17) is 34.7 Å². The van der Waals surface area contributed by atoms with Crippen LogP contribution in [0.15, 0.2) is 50.4 Å². The molecule has 0 unspecified atom stereocenters. The molecule has 6 radical (unpaired) electrons. The number of alkyl halides is 3. The zero-order valence-corrected chi connectivity index (χ0v) is 21.1. The van der Waals surface area contributed by atoms with Gasteiger partial charge in [-0.15, -0.1) is 0 Å². The number of allylic oxidation sites excluding steroid dienone is 2. The summed E-state index contributed by atoms with van der Waals surface area (Å²) >= 11 is 0. The highest BCUT2D eigenvalue weighted by molar-refractivity contribution is 6.60. The van der Waals surface area contributed by atoms with E-state index in [2.05, 4.69) is 31.1 Å². The maximum atomic E-state index is 13.9. The number of unbranched alkanes of at least 4 members (excludes halogenated alkanes) is 1. The van der Waals surface area contributed by atoms with Gasteiger partial charge in [-0.3, -0.25) is 5.43 Å². The summed E-state index contributed by atoms with van der Waals surface area (Å²) in [5.74, 6) is -0.0756. The minimum atomic E-state index is -4.63. The highest BCUT2D eigenvalue weighted by atomic mass is 19.4. The van der Waals surface area contributed by atoms with Crippen molar-refractivity contribution in [2.24, 2.45) is 20.8 Å². The van der Waals surface area contributed by atoms with Crippen LogP contribution in [0.5, 0.6) is 0 Å². The highest BCUT2D eigenvalue weighted by Gasteiger charge is 2.37. The number of aliphatic imine (C=N–C) groups is 2. The smallest absolute Gasteiger partial charge is 0.400 e. The van der Waals surface area contributed by atoms with E-state index in [1.165, 1.54) is 25.3 Å². The first-order valence-electron chi connectivity index (χ1n) is 11.4. The summed E-state index contributed by atoms with van der Waals surface area (Å²) in [7, 11) is 16.9. The molecule has 6 N–H and O–H groups in total. The molecule has 1 aliphatic carbocycles. The van der Waals surface area contributed by atoms with Crippen molar-refractivity contribution in [2.45, 2.75) is 76.4 Å². The third kappa shape index (κ3) is 12.2. The zero-order valence-electron chi connectivity index (χ0n) is 21.1. The molecular weight excluding hydrogens is 466 g/mol. The van der Waals surface area contributed by atoms with E-state index >= 15 is 0 Å². The lowest BCUT2D eigenvalue weighted by atomic mass is 9.49. The van der Waals surface area contributed by atoms with Crippen molar-refractivity contribution in [3.63, 3.8) is 0 Å². The number of amidine groups is 2. The van der Waals surface area contributed by atoms with Crippen LogP contribution in [0.25, 0.3) is 0 Å². The molecule has 0 spiro atoms. The van der Waals surface area contributed by atoms with Crippen molar-refractivity contribution >= 4 is 47.6 Å². The summed E-state index contributed by atoms with van der Waals surface area (Å²) in [6.07, 6.45) is 4.01. The van der Waals surface area contributed by atoms with Crippen molar-refractivity contribution in [2.75, 3.05) is 0 Å². The van der Waals surface area contributed by atoms with E-state index in [1.807, 2.05) is 6.92 Å². The first-order chi connectivity index (χ1) is 16.6. The molecule has 14 heteroatoms. The predicted octanol–water partition coefficient (Wildman–Crippen LogP) is 2.24. The van der Waals surface area contributed by atoms with Gasteiger partial charge in [0, 0.05) is 35.9 Å². The van der Waals surface area contributed by atoms with Crippen LogP contribution in [-0.2, 0) is 0 Å². The van der Waals surface area contributed by atoms with Gasteiger partial charge in [0.05, 0.1) is 40.9 Å². The summed E-state index contributed by atoms with van der Waals surface area (Å²) in [6, 6.07) is 0.0259. The van der Waals surface area contributed by atoms with E-state index in [0.717, 1.165) is 25.3 Å². The minimum Gasteiger partial charge on any atom is -0.400 e. The number of hydrogen-bond acceptors (Lipinski definition) is 6. The minimum absolute atomic E-state index is 0.00179. The molecule has 0 aromatic rings. The Morgan fingerprint density at radius 1 is 1.19 bits per heavy atom. The Morgan fingerprint density at radius 2 is 1.83 bits per heavy atom. The van der Waals surface area contributed by atoms with Gasteiger partial charge < -0.3 is 21.8 Å². The molecule has 8 nitrogen and oxygen atoms in total. The number of nitrogens with zero attached hydrogens (tertiary/aromatic N) is 3. The molecule has 0 bridgehead atoms. The van der Waals surface area contributed by atoms with Crippen molar-refractivity contribution in [1.82, 2.24) is 16.1 Å². The topological polar surface area (TPSA) is 123 Å². The van der Waals surface area contributed by atoms with Crippen LogP contribution >= 0.6 is 0 Å². The average molecular weight is 498 g/mol. The molecule has 36 heavy (non-hydrogen) atoms. The van der Waals surface area contributed by atoms with Crippen LogP contribution < -0.4 is 21.8 Å². The van der Waals surface area contributed by atoms with Crippen LogP contribution in [0.3, 0.4) is 0 Å². The van der Waals surface area contributed by atoms with E-state index in [-0.39, 0.29) is 29.1 Å². The molecule has 1 saturated carbocycles. The molecule has 0 heterocycles. The second-order valence-electron chi connectivity index (χ2n) is 8.88. The van der Waals surface area contributed by atoms with Gasteiger partial charge in [-0.1, -0.05) is 24.7 Å². The number of hydrazone groups is 1. The maximum absolute atomic E-state index is 13.9. The van der Waals surface area contributed by atoms with Crippen molar-refractivity contribution in [3.05, 3.63) is 35.3 Å². The van der Waals surface area contributed by atoms with Crippen molar-refractivity contribution < 1.29 is 13.2 Å². The summed E-state index contributed by atoms with van der Waals surface area (Å²) in [5.41, 5.74) is 7.32. The van der Waals surface area contributed by atoms with Crippen LogP contribution in [-0.4, -0.2) is 70.6 Å². The highest BCUT2D eigenvalue weighted by Crippen LogP contribution is 2.33. The van der Waals surface area contributed by atoms with Crippen LogP contribution in [0.1, 0.15) is 53.4 Å². The van der Waals surface area contributed by atoms with E-state index in [0.29, 0.717) is 12.8 Å². The Morgan fingerprint density at radius 3 is 2.33 bits per heavy atom. The molecule has 0 saturated heterocycles. The Kier molecular flexibility index (Phi) is 11.6. The summed E-state index contributed by atoms with van der Waals surface area (Å²) in [6.45, 7) is 6.70. The number of hydrogen-bond donors (Lipinski definition) is 5. The fraction of sp³-hybridized carbons (Fsp3) is 0.545. The lowest BCUT2D eigenvalue weighted by molar-refractivity contribution is -0.0900. The fourth-order valence-corrected chi connectivity index (χ4v) is 2.59. The van der Waals surface area contributed by atoms with Gasteiger partial charge in [-0.2, -0.15) is 18.3 Å². The summed E-state index contributed by atoms with van der Waals surface area (Å²) < 4.78 is 41.6. The van der Waals surface area contributed by atoms with Gasteiger partial charge in [-0.25, -0.2) is 9.98 Å². The molecule has 1 rings (SSSR count). The van der Waals surface area contributed by atoms with Crippen molar-refractivity contribution in [1.29, 1.82) is 5.41 Å². The van der Waals surface area contributed by atoms with Crippen LogP contribution in [0, 0.1) is 5.41 Å². The molecule has 0 aliphatic heterocycles. The molecule has 190 valence electrons. The summed E-state index contributed by atoms with van der Waals surface area (Å²) in [5, 5.41) is 14.4. The normalized spacial score (nSPS) is 17.4. The molecule has 0 aromatic heterocycles. The standard InChI is InChI=1S/C22H32B3F3N8/c1-5-6-7-17(34-15-8-9-15)16(21(26,27)28)13-31-14(2)33-19(35-22(23,24)25)12-18(30)20(3,4)36-32-11-10-29/h7,10-13,15,29,34,36H,5-6,8-9,30H2,1-4H3,(H,31,33,35)/b16-13+,17-7-,18-12?,29-10?,32-11-. The zero-order chi connectivity index (χ0) is 27.6. The Hall–Kier alpha value is -2.92. The van der Waals surface area contributed by atoms with E-state index < -0.39 is 22.5 Å². The molecule has 0 atom stereocenters. The monoisotopic (exact) mass is 498 g/mol. The Balaban J connectivity index is 3.40. The number of nitrogens with two attached hydrogens (primary N) is 1. The van der Waals surface area contributed by atoms with Crippen LogP contribution in [0.2, 0.25) is 0 Å². The maximum Gasteiger partial charge on any atom is 0.419 e.